The number of ether oxygens (including phenoxy) is 2. The Morgan fingerprint density at radius 3 is 2.39 bits per heavy atom. The molecular weight excluding hydrogens is 360 g/mol. The molecule has 7 heteroatoms. The van der Waals surface area contributed by atoms with Crippen LogP contribution in [0.15, 0.2) is 30.3 Å². The minimum absolute atomic E-state index is 0.203. The van der Waals surface area contributed by atoms with Gasteiger partial charge in [0, 0.05) is 11.8 Å². The topological polar surface area (TPSA) is 109 Å². The van der Waals surface area contributed by atoms with Gasteiger partial charge in [0.1, 0.15) is 0 Å². The van der Waals surface area contributed by atoms with Crippen LogP contribution in [0.3, 0.4) is 0 Å². The summed E-state index contributed by atoms with van der Waals surface area (Å²) in [4.78, 5) is 39.3. The molecule has 2 rings (SSSR count). The molecule has 0 aliphatic carbocycles. The molecule has 0 saturated heterocycles. The first-order valence-corrected chi connectivity index (χ1v) is 8.49. The normalized spacial score (nSPS) is 11.7. The van der Waals surface area contributed by atoms with E-state index in [0.29, 0.717) is 27.9 Å². The number of methoxy groups -OCH3 is 1. The number of ketones is 1. The summed E-state index contributed by atoms with van der Waals surface area (Å²) in [5.74, 6) is -1.67. The Morgan fingerprint density at radius 1 is 1.18 bits per heavy atom. The highest BCUT2D eigenvalue weighted by atomic mass is 16.5. The minimum Gasteiger partial charge on any atom is -0.465 e. The van der Waals surface area contributed by atoms with Gasteiger partial charge in [-0.15, -0.1) is 0 Å². The Balaban J connectivity index is 2.07. The third-order valence-electron chi connectivity index (χ3n) is 4.19. The molecule has 0 radical (unpaired) electrons. The summed E-state index contributed by atoms with van der Waals surface area (Å²) in [6.45, 7) is 4.75. The number of benzene rings is 1. The Morgan fingerprint density at radius 2 is 1.82 bits per heavy atom. The van der Waals surface area contributed by atoms with E-state index in [9.17, 15) is 14.4 Å². The summed E-state index contributed by atoms with van der Waals surface area (Å²) in [5.41, 5.74) is 2.69. The van der Waals surface area contributed by atoms with Crippen molar-refractivity contribution in [1.29, 1.82) is 5.26 Å². The molecule has 1 aromatic heterocycles. The summed E-state index contributed by atoms with van der Waals surface area (Å²) >= 11 is 0. The van der Waals surface area contributed by atoms with Crippen molar-refractivity contribution in [2.75, 3.05) is 7.11 Å². The van der Waals surface area contributed by atoms with Crippen molar-refractivity contribution in [3.8, 4) is 6.07 Å². The van der Waals surface area contributed by atoms with Crippen molar-refractivity contribution < 1.29 is 23.9 Å². The lowest BCUT2D eigenvalue weighted by Gasteiger charge is -2.10. The second kappa shape index (κ2) is 8.82. The molecule has 144 valence electrons. The van der Waals surface area contributed by atoms with Gasteiger partial charge in [-0.3, -0.25) is 4.79 Å². The Labute approximate surface area is 162 Å². The van der Waals surface area contributed by atoms with Crippen molar-refractivity contribution in [2.45, 2.75) is 26.9 Å². The zero-order valence-electron chi connectivity index (χ0n) is 16.0. The first-order valence-electron chi connectivity index (χ1n) is 8.49. The van der Waals surface area contributed by atoms with Crippen molar-refractivity contribution in [3.05, 3.63) is 64.0 Å². The summed E-state index contributed by atoms with van der Waals surface area (Å²) in [6.07, 6.45) is 1.69. The van der Waals surface area contributed by atoms with Gasteiger partial charge in [0.2, 0.25) is 5.78 Å². The van der Waals surface area contributed by atoms with E-state index in [-0.39, 0.29) is 5.69 Å². The monoisotopic (exact) mass is 380 g/mol. The van der Waals surface area contributed by atoms with E-state index in [1.807, 2.05) is 6.07 Å². The number of aromatic amines is 1. The number of carbonyl (C=O) groups excluding carboxylic acids is 3. The van der Waals surface area contributed by atoms with Gasteiger partial charge in [0.05, 0.1) is 30.0 Å². The van der Waals surface area contributed by atoms with Gasteiger partial charge in [-0.05, 0) is 50.1 Å². The van der Waals surface area contributed by atoms with Crippen molar-refractivity contribution >= 4 is 23.8 Å². The molecule has 0 amide bonds. The quantitative estimate of drug-likeness (QED) is 0.468. The van der Waals surface area contributed by atoms with Crippen LogP contribution in [0.25, 0.3) is 6.08 Å². The van der Waals surface area contributed by atoms with Gasteiger partial charge in [-0.1, -0.05) is 12.1 Å². The zero-order valence-corrected chi connectivity index (χ0v) is 16.0. The Hall–Kier alpha value is -3.66. The van der Waals surface area contributed by atoms with E-state index < -0.39 is 23.8 Å². The number of Topliss-reactive ketones (excluding diaryl/α,β-unsaturated/α-hetero) is 1. The molecule has 0 fully saturated rings. The molecule has 28 heavy (non-hydrogen) atoms. The number of rotatable bonds is 6. The second-order valence-corrected chi connectivity index (χ2v) is 6.13. The molecule has 0 aliphatic heterocycles. The third kappa shape index (κ3) is 4.54. The Kier molecular flexibility index (Phi) is 6.51. The van der Waals surface area contributed by atoms with E-state index in [1.54, 1.807) is 38.1 Å². The van der Waals surface area contributed by atoms with Crippen LogP contribution in [-0.2, 0) is 14.3 Å². The number of hydrogen-bond donors (Lipinski definition) is 1. The van der Waals surface area contributed by atoms with Crippen LogP contribution in [0.4, 0.5) is 0 Å². The molecule has 1 heterocycles. The number of H-pyrrole nitrogens is 1. The molecule has 1 N–H and O–H groups in total. The highest BCUT2D eigenvalue weighted by Crippen LogP contribution is 2.21. The van der Waals surface area contributed by atoms with Crippen molar-refractivity contribution in [2.24, 2.45) is 0 Å². The lowest BCUT2D eigenvalue weighted by Crippen LogP contribution is -2.24. The van der Waals surface area contributed by atoms with Crippen LogP contribution in [-0.4, -0.2) is 35.9 Å². The Bertz CT molecular complexity index is 977. The molecular formula is C21H20N2O5. The summed E-state index contributed by atoms with van der Waals surface area (Å²) in [6, 6.07) is 8.65. The fourth-order valence-corrected chi connectivity index (χ4v) is 2.71. The summed E-state index contributed by atoms with van der Waals surface area (Å²) in [7, 11) is 1.26. The van der Waals surface area contributed by atoms with E-state index >= 15 is 0 Å². The van der Waals surface area contributed by atoms with Gasteiger partial charge >= 0.3 is 11.9 Å². The van der Waals surface area contributed by atoms with E-state index in [4.69, 9.17) is 14.7 Å². The van der Waals surface area contributed by atoms with Gasteiger partial charge in [0.15, 0.2) is 6.10 Å². The maximum Gasteiger partial charge on any atom is 0.339 e. The lowest BCUT2D eigenvalue weighted by molar-refractivity contribution is -0.140. The fraction of sp³-hybridized carbons (Fsp3) is 0.238. The van der Waals surface area contributed by atoms with E-state index in [0.717, 1.165) is 0 Å². The number of hydrogen-bond acceptors (Lipinski definition) is 6. The molecule has 2 aromatic rings. The van der Waals surface area contributed by atoms with Gasteiger partial charge in [-0.2, -0.15) is 5.26 Å². The summed E-state index contributed by atoms with van der Waals surface area (Å²) < 4.78 is 9.88. The average Bonchev–Trinajstić information content (AvgIpc) is 2.99. The van der Waals surface area contributed by atoms with E-state index in [2.05, 4.69) is 4.98 Å². The third-order valence-corrected chi connectivity index (χ3v) is 4.19. The van der Waals surface area contributed by atoms with Crippen LogP contribution in [0.1, 0.15) is 50.2 Å². The molecule has 7 nitrogen and oxygen atoms in total. The molecule has 0 saturated carbocycles. The number of nitriles is 1. The van der Waals surface area contributed by atoms with Crippen LogP contribution in [0.2, 0.25) is 0 Å². The SMILES string of the molecule is COC(=O)c1c(C)[nH]c(C(=O)[C@H](C)OC(=O)/C=C/c2ccc(C#N)cc2)c1C. The first kappa shape index (κ1) is 20.6. The smallest absolute Gasteiger partial charge is 0.339 e. The van der Waals surface area contributed by atoms with E-state index in [1.165, 1.54) is 26.2 Å². The number of aryl methyl sites for hydroxylation is 1. The zero-order chi connectivity index (χ0) is 20.8. The highest BCUT2D eigenvalue weighted by Gasteiger charge is 2.26. The van der Waals surface area contributed by atoms with Crippen molar-refractivity contribution in [3.63, 3.8) is 0 Å². The largest absolute Gasteiger partial charge is 0.465 e. The fourth-order valence-electron chi connectivity index (χ4n) is 2.71. The first-order chi connectivity index (χ1) is 13.3. The minimum atomic E-state index is -1.04. The average molecular weight is 380 g/mol. The van der Waals surface area contributed by atoms with Crippen LogP contribution < -0.4 is 0 Å². The number of nitrogens with one attached hydrogen (secondary N) is 1. The van der Waals surface area contributed by atoms with Gasteiger partial charge in [0.25, 0.3) is 0 Å². The molecule has 0 aliphatic rings. The second-order valence-electron chi connectivity index (χ2n) is 6.13. The number of carbonyl (C=O) groups is 3. The maximum absolute atomic E-state index is 12.6. The van der Waals surface area contributed by atoms with Crippen LogP contribution in [0, 0.1) is 25.2 Å². The molecule has 1 aromatic carbocycles. The molecule has 0 bridgehead atoms. The number of nitrogens with zero attached hydrogens (tertiary/aromatic N) is 1. The lowest BCUT2D eigenvalue weighted by atomic mass is 10.1. The molecule has 0 spiro atoms. The predicted octanol–water partition coefficient (Wildman–Crippen LogP) is 3.12. The highest BCUT2D eigenvalue weighted by molar-refractivity contribution is 6.04. The number of esters is 2. The maximum atomic E-state index is 12.6. The standard InChI is InChI=1S/C21H20N2O5/c1-12-18(21(26)27-4)13(2)23-19(12)20(25)14(3)28-17(24)10-9-15-5-7-16(11-22)8-6-15/h5-10,14,23H,1-4H3/b10-9+/t14-/m0/s1. The van der Waals surface area contributed by atoms with Crippen LogP contribution >= 0.6 is 0 Å². The van der Waals surface area contributed by atoms with Crippen LogP contribution in [0.5, 0.6) is 0 Å². The molecule has 0 unspecified atom stereocenters. The van der Waals surface area contributed by atoms with Crippen molar-refractivity contribution in [1.82, 2.24) is 4.98 Å². The van der Waals surface area contributed by atoms with Gasteiger partial charge < -0.3 is 14.5 Å². The molecule has 1 atom stereocenters. The summed E-state index contributed by atoms with van der Waals surface area (Å²) in [5, 5.41) is 8.77. The number of aromatic nitrogens is 1. The van der Waals surface area contributed by atoms with Gasteiger partial charge in [-0.25, -0.2) is 9.59 Å². The predicted molar refractivity (Wildman–Crippen MR) is 102 cm³/mol.